The van der Waals surface area contributed by atoms with E-state index >= 15 is 0 Å². The molecule has 2 heterocycles. The zero-order valence-corrected chi connectivity index (χ0v) is 11.7. The molecule has 0 fully saturated rings. The number of carbonyl (C=O) groups excluding carboxylic acids is 1. The zero-order chi connectivity index (χ0) is 14.3. The summed E-state index contributed by atoms with van der Waals surface area (Å²) in [5.41, 5.74) is 1.92. The first-order valence-electron chi connectivity index (χ1n) is 6.31. The van der Waals surface area contributed by atoms with Gasteiger partial charge in [-0.15, -0.1) is 0 Å². The molecule has 0 saturated carbocycles. The fourth-order valence-electron chi connectivity index (χ4n) is 2.43. The molecule has 0 atom stereocenters. The summed E-state index contributed by atoms with van der Waals surface area (Å²) in [6, 6.07) is 6.03. The first kappa shape index (κ1) is 13.1. The van der Waals surface area contributed by atoms with E-state index in [0.29, 0.717) is 24.8 Å². The summed E-state index contributed by atoms with van der Waals surface area (Å²) in [5, 5.41) is 0.412. The molecule has 3 rings (SSSR count). The number of carbonyl (C=O) groups is 1. The molecule has 0 N–H and O–H groups in total. The average molecular weight is 294 g/mol. The standard InChI is InChI=1S/C14H13ClFN3O/c1-18-12-8-19(7-6-11(12)17-14(18)15)13(20)9-4-2-3-5-10(9)16/h2-5H,6-8H2,1H3. The number of aromatic nitrogens is 2. The van der Waals surface area contributed by atoms with E-state index in [1.807, 2.05) is 7.05 Å². The average Bonchev–Trinajstić information content (AvgIpc) is 2.74. The monoisotopic (exact) mass is 293 g/mol. The molecule has 104 valence electrons. The van der Waals surface area contributed by atoms with Crippen LogP contribution in [0.4, 0.5) is 4.39 Å². The van der Waals surface area contributed by atoms with E-state index in [1.165, 1.54) is 12.1 Å². The maximum atomic E-state index is 13.7. The lowest BCUT2D eigenvalue weighted by Gasteiger charge is -2.27. The quantitative estimate of drug-likeness (QED) is 0.810. The highest BCUT2D eigenvalue weighted by Crippen LogP contribution is 2.23. The number of hydrogen-bond acceptors (Lipinski definition) is 2. The van der Waals surface area contributed by atoms with Gasteiger partial charge in [0.25, 0.3) is 5.91 Å². The molecule has 1 amide bonds. The van der Waals surface area contributed by atoms with Crippen LogP contribution in [0.25, 0.3) is 0 Å². The third-order valence-electron chi connectivity index (χ3n) is 3.59. The van der Waals surface area contributed by atoms with Gasteiger partial charge in [-0.2, -0.15) is 0 Å². The van der Waals surface area contributed by atoms with Gasteiger partial charge in [0.2, 0.25) is 5.28 Å². The van der Waals surface area contributed by atoms with Crippen molar-refractivity contribution in [1.29, 1.82) is 0 Å². The Labute approximate surface area is 120 Å². The third kappa shape index (κ3) is 2.08. The van der Waals surface area contributed by atoms with Crippen LogP contribution in [0.3, 0.4) is 0 Å². The molecule has 0 spiro atoms. The highest BCUT2D eigenvalue weighted by atomic mass is 35.5. The SMILES string of the molecule is Cn1c(Cl)nc2c1CN(C(=O)c1ccccc1F)CC2. The Morgan fingerprint density at radius 3 is 2.90 bits per heavy atom. The highest BCUT2D eigenvalue weighted by molar-refractivity contribution is 6.28. The summed E-state index contributed by atoms with van der Waals surface area (Å²) in [6.07, 6.45) is 0.635. The van der Waals surface area contributed by atoms with Crippen LogP contribution in [0.15, 0.2) is 24.3 Å². The number of nitrogens with zero attached hydrogens (tertiary/aromatic N) is 3. The van der Waals surface area contributed by atoms with E-state index in [1.54, 1.807) is 21.6 Å². The second-order valence-corrected chi connectivity index (χ2v) is 5.13. The number of halogens is 2. The minimum atomic E-state index is -0.494. The molecule has 0 aliphatic carbocycles. The second kappa shape index (κ2) is 4.90. The fraction of sp³-hybridized carbons (Fsp3) is 0.286. The largest absolute Gasteiger partial charge is 0.332 e. The third-order valence-corrected chi connectivity index (χ3v) is 3.93. The molecule has 2 aromatic rings. The molecule has 0 bridgehead atoms. The van der Waals surface area contributed by atoms with Gasteiger partial charge in [-0.3, -0.25) is 4.79 Å². The van der Waals surface area contributed by atoms with Gasteiger partial charge in [0.1, 0.15) is 5.82 Å². The van der Waals surface area contributed by atoms with Crippen LogP contribution in [0.5, 0.6) is 0 Å². The van der Waals surface area contributed by atoms with E-state index in [0.717, 1.165) is 11.4 Å². The van der Waals surface area contributed by atoms with Gasteiger partial charge in [0, 0.05) is 20.0 Å². The Kier molecular flexibility index (Phi) is 3.22. The van der Waals surface area contributed by atoms with E-state index in [9.17, 15) is 9.18 Å². The van der Waals surface area contributed by atoms with Crippen molar-refractivity contribution in [2.75, 3.05) is 6.54 Å². The van der Waals surface area contributed by atoms with Gasteiger partial charge in [0.15, 0.2) is 0 Å². The molecule has 1 aromatic heterocycles. The van der Waals surface area contributed by atoms with Gasteiger partial charge >= 0.3 is 0 Å². The van der Waals surface area contributed by atoms with Gasteiger partial charge in [-0.05, 0) is 23.7 Å². The lowest BCUT2D eigenvalue weighted by molar-refractivity contribution is 0.0725. The first-order chi connectivity index (χ1) is 9.58. The molecule has 6 heteroatoms. The Morgan fingerprint density at radius 1 is 1.40 bits per heavy atom. The van der Waals surface area contributed by atoms with Crippen molar-refractivity contribution in [3.8, 4) is 0 Å². The van der Waals surface area contributed by atoms with Crippen LogP contribution < -0.4 is 0 Å². The predicted molar refractivity (Wildman–Crippen MR) is 73.1 cm³/mol. The molecule has 1 aliphatic heterocycles. The summed E-state index contributed by atoms with van der Waals surface area (Å²) in [5.74, 6) is -0.794. The summed E-state index contributed by atoms with van der Waals surface area (Å²) in [7, 11) is 1.81. The molecular formula is C14H13ClFN3O. The Hall–Kier alpha value is -1.88. The second-order valence-electron chi connectivity index (χ2n) is 4.79. The molecule has 20 heavy (non-hydrogen) atoms. The van der Waals surface area contributed by atoms with Gasteiger partial charge < -0.3 is 9.47 Å². The molecule has 0 unspecified atom stereocenters. The molecule has 1 aromatic carbocycles. The van der Waals surface area contributed by atoms with Crippen molar-refractivity contribution in [3.63, 3.8) is 0 Å². The van der Waals surface area contributed by atoms with E-state index in [4.69, 9.17) is 11.6 Å². The van der Waals surface area contributed by atoms with Crippen LogP contribution in [0, 0.1) is 5.82 Å². The van der Waals surface area contributed by atoms with Crippen LogP contribution in [-0.4, -0.2) is 26.9 Å². The Balaban J connectivity index is 1.89. The topological polar surface area (TPSA) is 38.1 Å². The van der Waals surface area contributed by atoms with Crippen LogP contribution >= 0.6 is 11.6 Å². The Morgan fingerprint density at radius 2 is 2.15 bits per heavy atom. The first-order valence-corrected chi connectivity index (χ1v) is 6.69. The summed E-state index contributed by atoms with van der Waals surface area (Å²) < 4.78 is 15.4. The van der Waals surface area contributed by atoms with Gasteiger partial charge in [-0.25, -0.2) is 9.37 Å². The van der Waals surface area contributed by atoms with Gasteiger partial charge in [-0.1, -0.05) is 12.1 Å². The van der Waals surface area contributed by atoms with Crippen molar-refractivity contribution in [3.05, 3.63) is 52.3 Å². The lowest BCUT2D eigenvalue weighted by Crippen LogP contribution is -2.37. The van der Waals surface area contributed by atoms with Crippen molar-refractivity contribution in [1.82, 2.24) is 14.5 Å². The number of amides is 1. The molecular weight excluding hydrogens is 281 g/mol. The van der Waals surface area contributed by atoms with Crippen LogP contribution in [0.1, 0.15) is 21.7 Å². The van der Waals surface area contributed by atoms with Gasteiger partial charge in [0.05, 0.1) is 23.5 Å². The number of fused-ring (bicyclic) bond motifs is 1. The smallest absolute Gasteiger partial charge is 0.257 e. The highest BCUT2D eigenvalue weighted by Gasteiger charge is 2.27. The number of rotatable bonds is 1. The Bertz CT molecular complexity index is 683. The maximum absolute atomic E-state index is 13.7. The van der Waals surface area contributed by atoms with Crippen molar-refractivity contribution in [2.45, 2.75) is 13.0 Å². The molecule has 0 saturated heterocycles. The summed E-state index contributed by atoms with van der Waals surface area (Å²) in [6.45, 7) is 0.923. The lowest BCUT2D eigenvalue weighted by atomic mass is 10.1. The van der Waals surface area contributed by atoms with E-state index in [2.05, 4.69) is 4.98 Å². The number of imidazole rings is 1. The van der Waals surface area contributed by atoms with Crippen molar-refractivity contribution in [2.24, 2.45) is 7.05 Å². The van der Waals surface area contributed by atoms with Crippen LogP contribution in [0.2, 0.25) is 5.28 Å². The molecule has 1 aliphatic rings. The number of hydrogen-bond donors (Lipinski definition) is 0. The van der Waals surface area contributed by atoms with E-state index < -0.39 is 5.82 Å². The summed E-state index contributed by atoms with van der Waals surface area (Å²) >= 11 is 5.98. The normalized spacial score (nSPS) is 14.2. The van der Waals surface area contributed by atoms with E-state index in [-0.39, 0.29) is 11.5 Å². The fourth-order valence-corrected chi connectivity index (χ4v) is 2.64. The van der Waals surface area contributed by atoms with Crippen molar-refractivity contribution < 1.29 is 9.18 Å². The molecule has 0 radical (unpaired) electrons. The minimum absolute atomic E-state index is 0.101. The molecule has 4 nitrogen and oxygen atoms in total. The minimum Gasteiger partial charge on any atom is -0.332 e. The van der Waals surface area contributed by atoms with Crippen LogP contribution in [-0.2, 0) is 20.0 Å². The number of benzene rings is 1. The predicted octanol–water partition coefficient (Wildman–Crippen LogP) is 2.41. The zero-order valence-electron chi connectivity index (χ0n) is 10.9. The maximum Gasteiger partial charge on any atom is 0.257 e. The summed E-state index contributed by atoms with van der Waals surface area (Å²) in [4.78, 5) is 18.2. The van der Waals surface area contributed by atoms with Crippen molar-refractivity contribution >= 4 is 17.5 Å².